The first-order chi connectivity index (χ1) is 32.7. The van der Waals surface area contributed by atoms with Crippen molar-refractivity contribution >= 4 is 5.91 Å². The fourth-order valence-corrected chi connectivity index (χ4v) is 9.11. The summed E-state index contributed by atoms with van der Waals surface area (Å²) in [6.45, 7) is 3.46. The Morgan fingerprint density at radius 1 is 0.507 bits per heavy atom. The molecule has 1 rings (SSSR count). The third kappa shape index (κ3) is 34.5. The molecule has 1 heterocycles. The average Bonchev–Trinajstić information content (AvgIpc) is 3.33. The van der Waals surface area contributed by atoms with Crippen molar-refractivity contribution in [3.05, 3.63) is 24.3 Å². The summed E-state index contributed by atoms with van der Waals surface area (Å²) in [5.74, 6) is -0.707. The molecule has 0 bridgehead atoms. The van der Waals surface area contributed by atoms with E-state index in [4.69, 9.17) is 9.47 Å². The average molecular weight is 954 g/mol. The maximum atomic E-state index is 13.1. The second-order valence-corrected chi connectivity index (χ2v) is 20.0. The topological polar surface area (TPSA) is 189 Å². The van der Waals surface area contributed by atoms with Gasteiger partial charge in [0.2, 0.25) is 5.91 Å². The van der Waals surface area contributed by atoms with Crippen molar-refractivity contribution in [1.82, 2.24) is 5.32 Å². The molecule has 8 N–H and O–H groups in total. The van der Waals surface area contributed by atoms with Crippen molar-refractivity contribution in [1.29, 1.82) is 0 Å². The quantitative estimate of drug-likeness (QED) is 0.0215. The Morgan fingerprint density at radius 3 is 1.33 bits per heavy atom. The minimum atomic E-state index is -1.67. The highest BCUT2D eigenvalue weighted by Crippen LogP contribution is 2.23. The monoisotopic (exact) mass is 954 g/mol. The second kappa shape index (κ2) is 45.7. The lowest BCUT2D eigenvalue weighted by atomic mass is 9.98. The minimum absolute atomic E-state index is 0.249. The van der Waals surface area contributed by atoms with Gasteiger partial charge in [-0.3, -0.25) is 4.79 Å². The molecule has 67 heavy (non-hydrogen) atoms. The lowest BCUT2D eigenvalue weighted by molar-refractivity contribution is -0.303. The van der Waals surface area contributed by atoms with Gasteiger partial charge < -0.3 is 50.5 Å². The van der Waals surface area contributed by atoms with Crippen LogP contribution in [0.25, 0.3) is 0 Å². The summed E-state index contributed by atoms with van der Waals surface area (Å²) >= 11 is 0. The van der Waals surface area contributed by atoms with E-state index in [2.05, 4.69) is 43.5 Å². The van der Waals surface area contributed by atoms with Crippen LogP contribution >= 0.6 is 0 Å². The van der Waals surface area contributed by atoms with Gasteiger partial charge >= 0.3 is 0 Å². The van der Waals surface area contributed by atoms with Crippen LogP contribution in [-0.4, -0.2) is 110 Å². The molecule has 0 saturated carbocycles. The summed E-state index contributed by atoms with van der Waals surface area (Å²) in [6, 6.07) is -1.19. The predicted molar refractivity (Wildman–Crippen MR) is 275 cm³/mol. The summed E-state index contributed by atoms with van der Waals surface area (Å²) in [7, 11) is 0. The van der Waals surface area contributed by atoms with E-state index in [0.29, 0.717) is 19.3 Å². The van der Waals surface area contributed by atoms with Gasteiger partial charge in [-0.1, -0.05) is 231 Å². The standard InChI is InChI=1S/C56H107NO10/c1-3-5-7-9-11-13-15-17-19-21-22-23-24-25-26-28-29-31-33-35-37-39-41-43-48(59)51(61)47(46-66-56-54(64)53(63)52(62)50(45-58)67-56)57-55(65)49(60)44-42-40-38-36-34-32-30-27-20-18-16-14-12-10-8-6-4-2/h28-29,35,37,47-54,56,58-64H,3-27,30-34,36,38-46H2,1-2H3,(H,57,65)/b29-28+,37-35+. The molecule has 0 aromatic heterocycles. The second-order valence-electron chi connectivity index (χ2n) is 20.0. The van der Waals surface area contributed by atoms with Crippen LogP contribution in [0, 0.1) is 0 Å². The molecule has 1 saturated heterocycles. The maximum absolute atomic E-state index is 13.1. The van der Waals surface area contributed by atoms with Crippen molar-refractivity contribution in [2.24, 2.45) is 0 Å². The first-order valence-corrected chi connectivity index (χ1v) is 28.2. The predicted octanol–water partition coefficient (Wildman–Crippen LogP) is 11.3. The highest BCUT2D eigenvalue weighted by molar-refractivity contribution is 5.80. The van der Waals surface area contributed by atoms with Gasteiger partial charge in [0.15, 0.2) is 6.29 Å². The summed E-state index contributed by atoms with van der Waals surface area (Å²) in [4.78, 5) is 13.1. The van der Waals surface area contributed by atoms with Gasteiger partial charge in [0.05, 0.1) is 25.4 Å². The molecular weight excluding hydrogens is 847 g/mol. The van der Waals surface area contributed by atoms with E-state index in [9.17, 15) is 40.5 Å². The molecule has 0 spiro atoms. The van der Waals surface area contributed by atoms with Crippen LogP contribution in [0.5, 0.6) is 0 Å². The number of nitrogens with one attached hydrogen (secondary N) is 1. The number of aliphatic hydroxyl groups is 7. The van der Waals surface area contributed by atoms with E-state index in [0.717, 1.165) is 38.5 Å². The number of carbonyl (C=O) groups excluding carboxylic acids is 1. The summed E-state index contributed by atoms with van der Waals surface area (Å²) < 4.78 is 11.1. The van der Waals surface area contributed by atoms with Crippen molar-refractivity contribution in [2.45, 2.75) is 313 Å². The Hall–Kier alpha value is -1.41. The molecule has 0 aromatic rings. The van der Waals surface area contributed by atoms with Crippen LogP contribution in [0.1, 0.15) is 258 Å². The zero-order valence-electron chi connectivity index (χ0n) is 43.1. The zero-order valence-corrected chi connectivity index (χ0v) is 43.1. The van der Waals surface area contributed by atoms with Crippen molar-refractivity contribution in [3.8, 4) is 0 Å². The van der Waals surface area contributed by atoms with Crippen LogP contribution in [0.2, 0.25) is 0 Å². The van der Waals surface area contributed by atoms with Gasteiger partial charge in [-0.15, -0.1) is 0 Å². The van der Waals surface area contributed by atoms with E-state index < -0.39 is 74.2 Å². The number of aliphatic hydroxyl groups excluding tert-OH is 7. The van der Waals surface area contributed by atoms with Gasteiger partial charge in [0.25, 0.3) is 0 Å². The van der Waals surface area contributed by atoms with Gasteiger partial charge in [0, 0.05) is 0 Å². The highest BCUT2D eigenvalue weighted by Gasteiger charge is 2.44. The number of hydrogen-bond donors (Lipinski definition) is 8. The molecule has 1 aliphatic rings. The Morgan fingerprint density at radius 2 is 0.896 bits per heavy atom. The van der Waals surface area contributed by atoms with Crippen molar-refractivity contribution in [3.63, 3.8) is 0 Å². The SMILES string of the molecule is CCCCCCCCCCCCCCCC/C=C/CC/C=C/CCCC(O)C(O)C(COC1OC(CO)C(O)C(O)C1O)NC(=O)C(O)CCCCCCCCCCCCCCCCCCC. The third-order valence-electron chi connectivity index (χ3n) is 13.7. The zero-order chi connectivity index (χ0) is 49.0. The molecule has 396 valence electrons. The van der Waals surface area contributed by atoms with Crippen molar-refractivity contribution in [2.75, 3.05) is 13.2 Å². The first kappa shape index (κ1) is 63.6. The fraction of sp³-hybridized carbons (Fsp3) is 0.911. The van der Waals surface area contributed by atoms with Crippen LogP contribution in [0.3, 0.4) is 0 Å². The molecule has 0 aliphatic carbocycles. The Bertz CT molecular complexity index is 1140. The van der Waals surface area contributed by atoms with E-state index in [1.54, 1.807) is 0 Å². The summed E-state index contributed by atoms with van der Waals surface area (Å²) in [5.41, 5.74) is 0. The molecule has 1 fully saturated rings. The fourth-order valence-electron chi connectivity index (χ4n) is 9.11. The normalized spacial score (nSPS) is 20.8. The van der Waals surface area contributed by atoms with Gasteiger partial charge in [-0.05, 0) is 51.4 Å². The molecule has 9 unspecified atom stereocenters. The number of ether oxygens (including phenoxy) is 2. The number of amides is 1. The molecule has 11 nitrogen and oxygen atoms in total. The highest BCUT2D eigenvalue weighted by atomic mass is 16.7. The van der Waals surface area contributed by atoms with Crippen LogP contribution in [0.4, 0.5) is 0 Å². The van der Waals surface area contributed by atoms with E-state index >= 15 is 0 Å². The van der Waals surface area contributed by atoms with Gasteiger partial charge in [-0.25, -0.2) is 0 Å². The Kier molecular flexibility index (Phi) is 43.4. The first-order valence-electron chi connectivity index (χ1n) is 28.2. The van der Waals surface area contributed by atoms with Gasteiger partial charge in [0.1, 0.15) is 36.6 Å². The van der Waals surface area contributed by atoms with E-state index in [1.165, 1.54) is 173 Å². The Labute approximate surface area is 410 Å². The number of carbonyl (C=O) groups is 1. The number of unbranched alkanes of at least 4 members (excludes halogenated alkanes) is 32. The summed E-state index contributed by atoms with van der Waals surface area (Å²) in [5, 5.41) is 76.0. The van der Waals surface area contributed by atoms with Crippen LogP contribution in [0.15, 0.2) is 24.3 Å². The molecule has 1 amide bonds. The largest absolute Gasteiger partial charge is 0.394 e. The van der Waals surface area contributed by atoms with Crippen molar-refractivity contribution < 1.29 is 50.0 Å². The number of allylic oxidation sites excluding steroid dienone is 4. The third-order valence-corrected chi connectivity index (χ3v) is 13.7. The molecular formula is C56H107NO10. The minimum Gasteiger partial charge on any atom is -0.394 e. The maximum Gasteiger partial charge on any atom is 0.249 e. The van der Waals surface area contributed by atoms with Gasteiger partial charge in [-0.2, -0.15) is 0 Å². The number of rotatable bonds is 48. The molecule has 1 aliphatic heterocycles. The number of hydrogen-bond acceptors (Lipinski definition) is 10. The lowest BCUT2D eigenvalue weighted by Gasteiger charge is -2.40. The smallest absolute Gasteiger partial charge is 0.249 e. The Balaban J connectivity index is 2.36. The molecule has 0 radical (unpaired) electrons. The lowest BCUT2D eigenvalue weighted by Crippen LogP contribution is -2.60. The molecule has 11 heteroatoms. The molecule has 9 atom stereocenters. The van der Waals surface area contributed by atoms with Crippen LogP contribution < -0.4 is 5.32 Å². The van der Waals surface area contributed by atoms with E-state index in [1.807, 2.05) is 0 Å². The molecule has 0 aromatic carbocycles. The van der Waals surface area contributed by atoms with E-state index in [-0.39, 0.29) is 12.8 Å². The summed E-state index contributed by atoms with van der Waals surface area (Å²) in [6.07, 6.45) is 42.3. The van der Waals surface area contributed by atoms with Crippen LogP contribution in [-0.2, 0) is 14.3 Å².